The Morgan fingerprint density at radius 1 is 0.720 bits per heavy atom. The van der Waals surface area contributed by atoms with Gasteiger partial charge in [0.05, 0.1) is 0 Å². The van der Waals surface area contributed by atoms with Gasteiger partial charge in [-0.3, -0.25) is 4.89 Å². The number of phosphoric ester groups is 1. The lowest BCUT2D eigenvalue weighted by atomic mass is 10.1. The van der Waals surface area contributed by atoms with Crippen molar-refractivity contribution >= 4 is 7.82 Å². The van der Waals surface area contributed by atoms with Crippen molar-refractivity contribution in [3.8, 4) is 11.5 Å². The largest absolute Gasteiger partial charge is 0.584 e. The predicted molar refractivity (Wildman–Crippen MR) is 101 cm³/mol. The molecule has 0 amide bonds. The Hall–Kier alpha value is -1.77. The van der Waals surface area contributed by atoms with Gasteiger partial charge in [-0.05, 0) is 47.9 Å². The van der Waals surface area contributed by atoms with E-state index in [0.29, 0.717) is 11.5 Å². The summed E-state index contributed by atoms with van der Waals surface area (Å²) < 4.78 is 23.8. The fraction of sp³-hybridized carbons (Fsp3) is 0.400. The predicted octanol–water partition coefficient (Wildman–Crippen LogP) is 5.49. The van der Waals surface area contributed by atoms with Gasteiger partial charge >= 0.3 is 7.82 Å². The zero-order chi connectivity index (χ0) is 18.4. The number of phosphoric acid groups is 1. The highest BCUT2D eigenvalue weighted by Gasteiger charge is 2.29. The molecule has 2 rings (SSSR count). The molecule has 5 heteroatoms. The molecule has 0 aliphatic rings. The molecule has 0 saturated heterocycles. The van der Waals surface area contributed by atoms with Gasteiger partial charge in [-0.2, -0.15) is 0 Å². The lowest BCUT2D eigenvalue weighted by molar-refractivity contribution is 0.287. The zero-order valence-corrected chi connectivity index (χ0v) is 16.3. The number of aryl methyl sites for hydroxylation is 4. The molecule has 4 nitrogen and oxygen atoms in total. The van der Waals surface area contributed by atoms with Crippen molar-refractivity contribution in [1.82, 2.24) is 0 Å². The Bertz CT molecular complexity index is 664. The second kappa shape index (κ2) is 8.55. The van der Waals surface area contributed by atoms with Crippen molar-refractivity contribution in [1.29, 1.82) is 0 Å². The molecular formula is C20H27O4P. The van der Waals surface area contributed by atoms with E-state index in [9.17, 15) is 9.46 Å². The highest BCUT2D eigenvalue weighted by Crippen LogP contribution is 2.48. The van der Waals surface area contributed by atoms with Crippen LogP contribution in [0.3, 0.4) is 0 Å². The van der Waals surface area contributed by atoms with E-state index in [4.69, 9.17) is 9.05 Å². The van der Waals surface area contributed by atoms with Crippen molar-refractivity contribution in [3.63, 3.8) is 0 Å². The summed E-state index contributed by atoms with van der Waals surface area (Å²) in [6.45, 7) is 7.97. The SMILES string of the molecule is CCc1cccc(CC)c1OP(=O)(O)Oc1c(CC)cccc1CC. The minimum atomic E-state index is -4.30. The quantitative estimate of drug-likeness (QED) is 0.631. The van der Waals surface area contributed by atoms with Gasteiger partial charge in [-0.1, -0.05) is 64.1 Å². The molecule has 0 aliphatic heterocycles. The number of benzene rings is 2. The standard InChI is InChI=1S/C20H27O4P/c1-5-15-11-9-12-16(6-2)19(15)23-25(21,22)24-20-17(7-3)13-10-14-18(20)8-4/h9-14H,5-8H2,1-4H3,(H,21,22). The van der Waals surface area contributed by atoms with E-state index < -0.39 is 7.82 Å². The fourth-order valence-electron chi connectivity index (χ4n) is 2.87. The molecule has 0 aromatic heterocycles. The molecule has 0 heterocycles. The van der Waals surface area contributed by atoms with Crippen LogP contribution in [-0.4, -0.2) is 4.89 Å². The third kappa shape index (κ3) is 4.65. The minimum Gasteiger partial charge on any atom is -0.395 e. The Labute approximate surface area is 150 Å². The average Bonchev–Trinajstić information content (AvgIpc) is 2.61. The molecule has 0 bridgehead atoms. The van der Waals surface area contributed by atoms with Crippen molar-refractivity contribution in [3.05, 3.63) is 58.7 Å². The van der Waals surface area contributed by atoms with Crippen LogP contribution in [0.2, 0.25) is 0 Å². The van der Waals surface area contributed by atoms with Crippen molar-refractivity contribution in [2.45, 2.75) is 53.4 Å². The Balaban J connectivity index is 2.38. The molecule has 25 heavy (non-hydrogen) atoms. The molecule has 0 atom stereocenters. The smallest absolute Gasteiger partial charge is 0.395 e. The van der Waals surface area contributed by atoms with E-state index in [2.05, 4.69) is 0 Å². The summed E-state index contributed by atoms with van der Waals surface area (Å²) in [5.41, 5.74) is 3.60. The Morgan fingerprint density at radius 3 is 1.24 bits per heavy atom. The first-order valence-corrected chi connectivity index (χ1v) is 10.4. The molecule has 0 fully saturated rings. The monoisotopic (exact) mass is 362 g/mol. The van der Waals surface area contributed by atoms with Crippen molar-refractivity contribution < 1.29 is 18.5 Å². The number of rotatable bonds is 8. The molecule has 0 saturated carbocycles. The van der Waals surface area contributed by atoms with Crippen molar-refractivity contribution in [2.24, 2.45) is 0 Å². The van der Waals surface area contributed by atoms with Crippen LogP contribution in [-0.2, 0) is 30.2 Å². The van der Waals surface area contributed by atoms with Gasteiger partial charge in [0.15, 0.2) is 0 Å². The van der Waals surface area contributed by atoms with Gasteiger partial charge < -0.3 is 9.05 Å². The second-order valence-electron chi connectivity index (χ2n) is 5.88. The van der Waals surface area contributed by atoms with E-state index in [1.54, 1.807) is 0 Å². The molecule has 0 unspecified atom stereocenters. The third-order valence-corrected chi connectivity index (χ3v) is 5.12. The third-order valence-electron chi connectivity index (χ3n) is 4.29. The molecule has 136 valence electrons. The van der Waals surface area contributed by atoms with Crippen LogP contribution in [0.1, 0.15) is 49.9 Å². The van der Waals surface area contributed by atoms with Gasteiger partial charge in [0.1, 0.15) is 11.5 Å². The van der Waals surface area contributed by atoms with E-state index in [0.717, 1.165) is 47.9 Å². The summed E-state index contributed by atoms with van der Waals surface area (Å²) in [5.74, 6) is 0.927. The summed E-state index contributed by atoms with van der Waals surface area (Å²) in [4.78, 5) is 10.4. The van der Waals surface area contributed by atoms with Crippen LogP contribution < -0.4 is 9.05 Å². The first-order valence-electron chi connectivity index (χ1n) is 8.89. The van der Waals surface area contributed by atoms with E-state index in [1.807, 2.05) is 64.1 Å². The first kappa shape index (κ1) is 19.6. The maximum absolute atomic E-state index is 12.7. The normalized spacial score (nSPS) is 11.4. The fourth-order valence-corrected chi connectivity index (χ4v) is 3.84. The highest BCUT2D eigenvalue weighted by molar-refractivity contribution is 7.48. The zero-order valence-electron chi connectivity index (χ0n) is 15.4. The van der Waals surface area contributed by atoms with E-state index in [1.165, 1.54) is 0 Å². The first-order chi connectivity index (χ1) is 12.0. The van der Waals surface area contributed by atoms with Crippen LogP contribution in [0.15, 0.2) is 36.4 Å². The van der Waals surface area contributed by atoms with Crippen LogP contribution >= 0.6 is 7.82 Å². The number of hydrogen-bond donors (Lipinski definition) is 1. The summed E-state index contributed by atoms with van der Waals surface area (Å²) in [5, 5.41) is 0. The molecular weight excluding hydrogens is 335 g/mol. The molecule has 0 spiro atoms. The Morgan fingerprint density at radius 2 is 1.00 bits per heavy atom. The summed E-state index contributed by atoms with van der Waals surface area (Å²) in [7, 11) is -4.30. The van der Waals surface area contributed by atoms with Gasteiger partial charge in [0.25, 0.3) is 0 Å². The molecule has 2 aromatic carbocycles. The maximum Gasteiger partial charge on any atom is 0.584 e. The molecule has 1 N–H and O–H groups in total. The van der Waals surface area contributed by atoms with Gasteiger partial charge in [0.2, 0.25) is 0 Å². The van der Waals surface area contributed by atoms with E-state index in [-0.39, 0.29) is 0 Å². The number of para-hydroxylation sites is 2. The maximum atomic E-state index is 12.7. The summed E-state index contributed by atoms with van der Waals surface area (Å²) in [6.07, 6.45) is 2.87. The van der Waals surface area contributed by atoms with Gasteiger partial charge in [-0.15, -0.1) is 0 Å². The van der Waals surface area contributed by atoms with Gasteiger partial charge in [-0.25, -0.2) is 4.57 Å². The average molecular weight is 362 g/mol. The van der Waals surface area contributed by atoms with Crippen LogP contribution in [0.5, 0.6) is 11.5 Å². The lowest BCUT2D eigenvalue weighted by Crippen LogP contribution is -2.06. The topological polar surface area (TPSA) is 55.8 Å². The minimum absolute atomic E-state index is 0.463. The van der Waals surface area contributed by atoms with Crippen LogP contribution in [0.4, 0.5) is 0 Å². The molecule has 0 aliphatic carbocycles. The Kier molecular flexibility index (Phi) is 6.69. The molecule has 2 aromatic rings. The van der Waals surface area contributed by atoms with Crippen LogP contribution in [0.25, 0.3) is 0 Å². The molecule has 0 radical (unpaired) electrons. The summed E-state index contributed by atoms with van der Waals surface area (Å²) in [6, 6.07) is 11.5. The second-order valence-corrected chi connectivity index (χ2v) is 7.18. The highest BCUT2D eigenvalue weighted by atomic mass is 31.2. The van der Waals surface area contributed by atoms with Crippen LogP contribution in [0, 0.1) is 0 Å². The number of hydrogen-bond acceptors (Lipinski definition) is 3. The van der Waals surface area contributed by atoms with E-state index >= 15 is 0 Å². The lowest BCUT2D eigenvalue weighted by Gasteiger charge is -2.20. The summed E-state index contributed by atoms with van der Waals surface area (Å²) >= 11 is 0. The van der Waals surface area contributed by atoms with Crippen molar-refractivity contribution in [2.75, 3.05) is 0 Å². The van der Waals surface area contributed by atoms with Gasteiger partial charge in [0, 0.05) is 0 Å².